The number of aromatic nitrogens is 2. The number of nitrogen functional groups attached to an aromatic ring is 1. The predicted molar refractivity (Wildman–Crippen MR) is 68.6 cm³/mol. The highest BCUT2D eigenvalue weighted by Crippen LogP contribution is 2.27. The van der Waals surface area contributed by atoms with E-state index in [4.69, 9.17) is 17.3 Å². The molecule has 4 nitrogen and oxygen atoms in total. The zero-order valence-electron chi connectivity index (χ0n) is 10.2. The molecule has 0 amide bonds. The lowest BCUT2D eigenvalue weighted by molar-refractivity contribution is 0.333. The maximum absolute atomic E-state index is 6.00. The van der Waals surface area contributed by atoms with Gasteiger partial charge in [-0.3, -0.25) is 0 Å². The quantitative estimate of drug-likeness (QED) is 0.856. The van der Waals surface area contributed by atoms with Crippen molar-refractivity contribution in [3.05, 3.63) is 11.2 Å². The third-order valence-corrected chi connectivity index (χ3v) is 2.80. The summed E-state index contributed by atoms with van der Waals surface area (Å²) < 4.78 is 0. The van der Waals surface area contributed by atoms with Gasteiger partial charge in [-0.15, -0.1) is 0 Å². The molecule has 90 valence electrons. The zero-order valence-corrected chi connectivity index (χ0v) is 11.0. The highest BCUT2D eigenvalue weighted by Gasteiger charge is 2.23. The topological polar surface area (TPSA) is 63.8 Å². The van der Waals surface area contributed by atoms with Crippen molar-refractivity contribution in [2.45, 2.75) is 40.2 Å². The molecule has 0 aliphatic rings. The highest BCUT2D eigenvalue weighted by molar-refractivity contribution is 6.32. The predicted octanol–water partition coefficient (Wildman–Crippen LogP) is 2.95. The number of hydrogen-bond acceptors (Lipinski definition) is 4. The summed E-state index contributed by atoms with van der Waals surface area (Å²) in [5.74, 6) is 0.839. The van der Waals surface area contributed by atoms with E-state index >= 15 is 0 Å². The molecular formula is C11H19ClN4. The van der Waals surface area contributed by atoms with Crippen molar-refractivity contribution >= 4 is 23.4 Å². The lowest BCUT2D eigenvalue weighted by Gasteiger charge is -2.31. The van der Waals surface area contributed by atoms with Crippen molar-refractivity contribution in [2.24, 2.45) is 5.41 Å². The normalized spacial score (nSPS) is 13.6. The maximum Gasteiger partial charge on any atom is 0.222 e. The Hall–Kier alpha value is -1.03. The van der Waals surface area contributed by atoms with Crippen molar-refractivity contribution in [1.29, 1.82) is 0 Å². The van der Waals surface area contributed by atoms with E-state index in [0.717, 1.165) is 6.42 Å². The summed E-state index contributed by atoms with van der Waals surface area (Å²) >= 11 is 6.00. The number of rotatable bonds is 3. The van der Waals surface area contributed by atoms with Gasteiger partial charge >= 0.3 is 0 Å². The average Bonchev–Trinajstić information content (AvgIpc) is 2.17. The molecule has 0 aromatic carbocycles. The molecule has 0 fully saturated rings. The van der Waals surface area contributed by atoms with Gasteiger partial charge in [0.25, 0.3) is 0 Å². The molecule has 1 unspecified atom stereocenters. The van der Waals surface area contributed by atoms with Crippen molar-refractivity contribution in [1.82, 2.24) is 9.97 Å². The van der Waals surface area contributed by atoms with E-state index in [0.29, 0.717) is 16.9 Å². The Bertz CT molecular complexity index is 359. The summed E-state index contributed by atoms with van der Waals surface area (Å²) in [5.41, 5.74) is 5.67. The SMILES string of the molecule is CCC(Nc1nc(N)ncc1Cl)C(C)(C)C. The Morgan fingerprint density at radius 1 is 1.50 bits per heavy atom. The van der Waals surface area contributed by atoms with Gasteiger partial charge in [0.2, 0.25) is 5.95 Å². The number of halogens is 1. The first-order valence-corrected chi connectivity index (χ1v) is 5.77. The summed E-state index contributed by atoms with van der Waals surface area (Å²) in [5, 5.41) is 3.81. The van der Waals surface area contributed by atoms with Gasteiger partial charge in [0.05, 0.1) is 6.20 Å². The summed E-state index contributed by atoms with van der Waals surface area (Å²) in [6.45, 7) is 8.65. The molecule has 1 aromatic rings. The minimum Gasteiger partial charge on any atom is -0.368 e. The molecule has 1 aromatic heterocycles. The molecule has 1 heterocycles. The first-order valence-electron chi connectivity index (χ1n) is 5.39. The number of nitrogens with two attached hydrogens (primary N) is 1. The third kappa shape index (κ3) is 3.23. The Balaban J connectivity index is 2.90. The minimum atomic E-state index is 0.137. The Morgan fingerprint density at radius 2 is 2.12 bits per heavy atom. The maximum atomic E-state index is 6.00. The number of nitrogens with zero attached hydrogens (tertiary/aromatic N) is 2. The van der Waals surface area contributed by atoms with Gasteiger partial charge in [-0.05, 0) is 11.8 Å². The fourth-order valence-corrected chi connectivity index (χ4v) is 1.72. The molecule has 16 heavy (non-hydrogen) atoms. The zero-order chi connectivity index (χ0) is 12.3. The lowest BCUT2D eigenvalue weighted by Crippen LogP contribution is -2.33. The van der Waals surface area contributed by atoms with E-state index in [9.17, 15) is 0 Å². The van der Waals surface area contributed by atoms with Crippen LogP contribution in [0.15, 0.2) is 6.20 Å². The largest absolute Gasteiger partial charge is 0.368 e. The van der Waals surface area contributed by atoms with E-state index < -0.39 is 0 Å². The second-order valence-corrected chi connectivity index (χ2v) is 5.30. The second-order valence-electron chi connectivity index (χ2n) is 4.90. The van der Waals surface area contributed by atoms with E-state index in [-0.39, 0.29) is 11.4 Å². The van der Waals surface area contributed by atoms with E-state index in [1.54, 1.807) is 0 Å². The Morgan fingerprint density at radius 3 is 2.62 bits per heavy atom. The van der Waals surface area contributed by atoms with Crippen LogP contribution in [0.5, 0.6) is 0 Å². The molecular weight excluding hydrogens is 224 g/mol. The summed E-state index contributed by atoms with van der Waals surface area (Å²) in [6.07, 6.45) is 2.51. The van der Waals surface area contributed by atoms with Crippen LogP contribution in [0, 0.1) is 5.41 Å². The van der Waals surface area contributed by atoms with Crippen molar-refractivity contribution in [3.8, 4) is 0 Å². The van der Waals surface area contributed by atoms with Gasteiger partial charge in [0, 0.05) is 6.04 Å². The van der Waals surface area contributed by atoms with Crippen LogP contribution >= 0.6 is 11.6 Å². The molecule has 1 rings (SSSR count). The van der Waals surface area contributed by atoms with Crippen LogP contribution in [0.2, 0.25) is 5.02 Å². The van der Waals surface area contributed by atoms with Crippen LogP contribution < -0.4 is 11.1 Å². The molecule has 1 atom stereocenters. The number of nitrogens with one attached hydrogen (secondary N) is 1. The third-order valence-electron chi connectivity index (χ3n) is 2.53. The molecule has 5 heteroatoms. The van der Waals surface area contributed by atoms with Gasteiger partial charge in [-0.25, -0.2) is 4.98 Å². The van der Waals surface area contributed by atoms with Crippen molar-refractivity contribution in [2.75, 3.05) is 11.1 Å². The van der Waals surface area contributed by atoms with Gasteiger partial charge in [-0.1, -0.05) is 39.3 Å². The fourth-order valence-electron chi connectivity index (χ4n) is 1.58. The van der Waals surface area contributed by atoms with Crippen molar-refractivity contribution in [3.63, 3.8) is 0 Å². The Labute approximate surface area is 102 Å². The molecule has 0 saturated carbocycles. The molecule has 0 bridgehead atoms. The van der Waals surface area contributed by atoms with Gasteiger partial charge in [-0.2, -0.15) is 4.98 Å². The molecule has 0 radical (unpaired) electrons. The van der Waals surface area contributed by atoms with Gasteiger partial charge in [0.15, 0.2) is 5.82 Å². The fraction of sp³-hybridized carbons (Fsp3) is 0.636. The van der Waals surface area contributed by atoms with Gasteiger partial charge < -0.3 is 11.1 Å². The summed E-state index contributed by atoms with van der Waals surface area (Å²) in [4.78, 5) is 7.93. The van der Waals surface area contributed by atoms with Crippen LogP contribution in [-0.4, -0.2) is 16.0 Å². The summed E-state index contributed by atoms with van der Waals surface area (Å²) in [7, 11) is 0. The van der Waals surface area contributed by atoms with E-state index in [1.807, 2.05) is 0 Å². The number of anilines is 2. The van der Waals surface area contributed by atoms with Crippen LogP contribution in [0.25, 0.3) is 0 Å². The molecule has 0 saturated heterocycles. The van der Waals surface area contributed by atoms with Crippen LogP contribution in [-0.2, 0) is 0 Å². The minimum absolute atomic E-state index is 0.137. The molecule has 0 aliphatic carbocycles. The Kier molecular flexibility index (Phi) is 3.97. The average molecular weight is 243 g/mol. The van der Waals surface area contributed by atoms with Crippen molar-refractivity contribution < 1.29 is 0 Å². The smallest absolute Gasteiger partial charge is 0.222 e. The standard InChI is InChI=1S/C11H19ClN4/c1-5-8(11(2,3)4)15-9-7(12)6-14-10(13)16-9/h6,8H,5H2,1-4H3,(H3,13,14,15,16). The van der Waals surface area contributed by atoms with Crippen LogP contribution in [0.3, 0.4) is 0 Å². The second kappa shape index (κ2) is 4.87. The van der Waals surface area contributed by atoms with Crippen LogP contribution in [0.1, 0.15) is 34.1 Å². The molecule has 0 spiro atoms. The molecule has 0 aliphatic heterocycles. The monoisotopic (exact) mass is 242 g/mol. The highest BCUT2D eigenvalue weighted by atomic mass is 35.5. The van der Waals surface area contributed by atoms with Gasteiger partial charge in [0.1, 0.15) is 5.02 Å². The van der Waals surface area contributed by atoms with Crippen LogP contribution in [0.4, 0.5) is 11.8 Å². The first kappa shape index (κ1) is 13.0. The molecule has 3 N–H and O–H groups in total. The first-order chi connectivity index (χ1) is 7.34. The summed E-state index contributed by atoms with van der Waals surface area (Å²) in [6, 6.07) is 0.291. The van der Waals surface area contributed by atoms with E-state index in [2.05, 4.69) is 43.0 Å². The lowest BCUT2D eigenvalue weighted by atomic mass is 9.85. The number of hydrogen-bond donors (Lipinski definition) is 2. The van der Waals surface area contributed by atoms with E-state index in [1.165, 1.54) is 6.20 Å².